The predicted octanol–water partition coefficient (Wildman–Crippen LogP) is 1.82. The Hall–Kier alpha value is -2.19. The van der Waals surface area contributed by atoms with E-state index < -0.39 is 0 Å². The van der Waals surface area contributed by atoms with Crippen molar-refractivity contribution in [1.82, 2.24) is 10.2 Å². The van der Waals surface area contributed by atoms with E-state index in [1.807, 2.05) is 19.2 Å². The highest BCUT2D eigenvalue weighted by atomic mass is 16.5. The standard InChI is InChI=1S/C21H35N3O5/c1-22-21(24-11-9-16(14-24)15-29-13-12-25-2)23-10-8-17-6-7-18(26-3)20(28-5)19(17)27-4/h6-7,16H,8-15H2,1-5H3,(H,22,23). The fourth-order valence-corrected chi connectivity index (χ4v) is 3.55. The van der Waals surface area contributed by atoms with E-state index in [0.717, 1.165) is 50.6 Å². The van der Waals surface area contributed by atoms with Crippen LogP contribution in [0.15, 0.2) is 17.1 Å². The predicted molar refractivity (Wildman–Crippen MR) is 114 cm³/mol. The first-order valence-electron chi connectivity index (χ1n) is 9.98. The zero-order valence-electron chi connectivity index (χ0n) is 18.3. The molecule has 1 N–H and O–H groups in total. The van der Waals surface area contributed by atoms with Crippen molar-refractivity contribution in [2.24, 2.45) is 10.9 Å². The number of ether oxygens (including phenoxy) is 5. The lowest BCUT2D eigenvalue weighted by Crippen LogP contribution is -2.41. The summed E-state index contributed by atoms with van der Waals surface area (Å²) in [6.07, 6.45) is 1.89. The molecule has 2 rings (SSSR count). The number of nitrogens with one attached hydrogen (secondary N) is 1. The topological polar surface area (TPSA) is 73.8 Å². The summed E-state index contributed by atoms with van der Waals surface area (Å²) in [5.41, 5.74) is 1.05. The van der Waals surface area contributed by atoms with Gasteiger partial charge in [-0.2, -0.15) is 0 Å². The van der Waals surface area contributed by atoms with Gasteiger partial charge in [0.1, 0.15) is 0 Å². The minimum atomic E-state index is 0.524. The zero-order valence-corrected chi connectivity index (χ0v) is 18.3. The van der Waals surface area contributed by atoms with Gasteiger partial charge in [-0.15, -0.1) is 0 Å². The molecule has 0 bridgehead atoms. The van der Waals surface area contributed by atoms with E-state index in [1.54, 1.807) is 28.4 Å². The molecule has 1 heterocycles. The molecule has 1 atom stereocenters. The number of aliphatic imine (C=N–C) groups is 1. The Bertz CT molecular complexity index is 653. The summed E-state index contributed by atoms with van der Waals surface area (Å²) in [7, 11) is 8.39. The molecule has 0 aromatic heterocycles. The number of likely N-dealkylation sites (tertiary alicyclic amines) is 1. The number of guanidine groups is 1. The van der Waals surface area contributed by atoms with E-state index in [2.05, 4.69) is 15.2 Å². The van der Waals surface area contributed by atoms with Crippen LogP contribution in [0.25, 0.3) is 0 Å². The van der Waals surface area contributed by atoms with Crippen LogP contribution in [-0.4, -0.2) is 85.8 Å². The highest BCUT2D eigenvalue weighted by Gasteiger charge is 2.25. The first-order chi connectivity index (χ1) is 14.2. The van der Waals surface area contributed by atoms with Crippen molar-refractivity contribution in [1.29, 1.82) is 0 Å². The quantitative estimate of drug-likeness (QED) is 0.339. The number of hydrogen-bond acceptors (Lipinski definition) is 6. The molecule has 1 unspecified atom stereocenters. The molecule has 0 radical (unpaired) electrons. The average Bonchev–Trinajstić information content (AvgIpc) is 3.22. The minimum absolute atomic E-state index is 0.524. The number of rotatable bonds is 11. The third-order valence-corrected chi connectivity index (χ3v) is 5.05. The lowest BCUT2D eigenvalue weighted by molar-refractivity contribution is 0.0536. The van der Waals surface area contributed by atoms with Crippen LogP contribution >= 0.6 is 0 Å². The monoisotopic (exact) mass is 409 g/mol. The summed E-state index contributed by atoms with van der Waals surface area (Å²) in [5.74, 6) is 3.43. The molecule has 8 heteroatoms. The summed E-state index contributed by atoms with van der Waals surface area (Å²) < 4.78 is 27.1. The Labute approximate surface area is 174 Å². The Kier molecular flexibility index (Phi) is 9.87. The molecular weight excluding hydrogens is 374 g/mol. The van der Waals surface area contributed by atoms with Crippen LogP contribution in [0.4, 0.5) is 0 Å². The lowest BCUT2D eigenvalue weighted by Gasteiger charge is -2.22. The second-order valence-corrected chi connectivity index (χ2v) is 6.89. The van der Waals surface area contributed by atoms with Crippen molar-refractivity contribution >= 4 is 5.96 Å². The molecule has 29 heavy (non-hydrogen) atoms. The van der Waals surface area contributed by atoms with Crippen molar-refractivity contribution in [2.45, 2.75) is 12.8 Å². The maximum absolute atomic E-state index is 5.68. The van der Waals surface area contributed by atoms with Gasteiger partial charge in [0.15, 0.2) is 17.5 Å². The summed E-state index contributed by atoms with van der Waals surface area (Å²) >= 11 is 0. The maximum atomic E-state index is 5.68. The van der Waals surface area contributed by atoms with Crippen LogP contribution in [0.3, 0.4) is 0 Å². The van der Waals surface area contributed by atoms with Crippen molar-refractivity contribution in [3.05, 3.63) is 17.7 Å². The van der Waals surface area contributed by atoms with Crippen LogP contribution in [-0.2, 0) is 15.9 Å². The zero-order chi connectivity index (χ0) is 21.1. The number of benzene rings is 1. The molecular formula is C21H35N3O5. The van der Waals surface area contributed by atoms with E-state index in [9.17, 15) is 0 Å². The Morgan fingerprint density at radius 1 is 1.10 bits per heavy atom. The highest BCUT2D eigenvalue weighted by Crippen LogP contribution is 2.39. The Morgan fingerprint density at radius 2 is 1.90 bits per heavy atom. The fraction of sp³-hybridized carbons (Fsp3) is 0.667. The van der Waals surface area contributed by atoms with E-state index in [-0.39, 0.29) is 0 Å². The summed E-state index contributed by atoms with van der Waals surface area (Å²) in [5, 5.41) is 3.46. The summed E-state index contributed by atoms with van der Waals surface area (Å²) in [4.78, 5) is 6.73. The Morgan fingerprint density at radius 3 is 2.55 bits per heavy atom. The summed E-state index contributed by atoms with van der Waals surface area (Å²) in [6.45, 7) is 4.72. The van der Waals surface area contributed by atoms with Crippen molar-refractivity contribution < 1.29 is 23.7 Å². The lowest BCUT2D eigenvalue weighted by atomic mass is 10.1. The molecule has 0 spiro atoms. The van der Waals surface area contributed by atoms with Crippen LogP contribution in [0.2, 0.25) is 0 Å². The first-order valence-corrected chi connectivity index (χ1v) is 9.98. The van der Waals surface area contributed by atoms with Crippen LogP contribution < -0.4 is 19.5 Å². The second kappa shape index (κ2) is 12.4. The molecule has 0 aliphatic carbocycles. The first kappa shape index (κ1) is 23.1. The van der Waals surface area contributed by atoms with Crippen LogP contribution in [0, 0.1) is 5.92 Å². The number of nitrogens with zero attached hydrogens (tertiary/aromatic N) is 2. The maximum Gasteiger partial charge on any atom is 0.203 e. The molecule has 1 saturated heterocycles. The third-order valence-electron chi connectivity index (χ3n) is 5.05. The molecule has 164 valence electrons. The van der Waals surface area contributed by atoms with E-state index in [4.69, 9.17) is 23.7 Å². The normalized spacial score (nSPS) is 16.8. The minimum Gasteiger partial charge on any atom is -0.493 e. The van der Waals surface area contributed by atoms with E-state index >= 15 is 0 Å². The largest absolute Gasteiger partial charge is 0.493 e. The molecule has 1 aromatic carbocycles. The van der Waals surface area contributed by atoms with Gasteiger partial charge in [0, 0.05) is 45.3 Å². The van der Waals surface area contributed by atoms with Gasteiger partial charge in [-0.3, -0.25) is 4.99 Å². The van der Waals surface area contributed by atoms with Crippen molar-refractivity contribution in [2.75, 3.05) is 74.9 Å². The van der Waals surface area contributed by atoms with Gasteiger partial charge in [-0.25, -0.2) is 0 Å². The van der Waals surface area contributed by atoms with Crippen molar-refractivity contribution in [3.8, 4) is 17.2 Å². The van der Waals surface area contributed by atoms with Gasteiger partial charge >= 0.3 is 0 Å². The van der Waals surface area contributed by atoms with Gasteiger partial charge in [0.2, 0.25) is 5.75 Å². The average molecular weight is 410 g/mol. The van der Waals surface area contributed by atoms with Gasteiger partial charge in [-0.05, 0) is 18.9 Å². The molecule has 0 amide bonds. The summed E-state index contributed by atoms with van der Waals surface area (Å²) in [6, 6.07) is 3.91. The number of hydrogen-bond donors (Lipinski definition) is 1. The number of methoxy groups -OCH3 is 4. The Balaban J connectivity index is 1.86. The van der Waals surface area contributed by atoms with Gasteiger partial charge in [0.25, 0.3) is 0 Å². The molecule has 0 saturated carbocycles. The second-order valence-electron chi connectivity index (χ2n) is 6.89. The molecule has 1 aliphatic heterocycles. The molecule has 1 aliphatic rings. The molecule has 1 aromatic rings. The van der Waals surface area contributed by atoms with Gasteiger partial charge in [0.05, 0.1) is 41.2 Å². The highest BCUT2D eigenvalue weighted by molar-refractivity contribution is 5.80. The van der Waals surface area contributed by atoms with E-state index in [1.165, 1.54) is 0 Å². The van der Waals surface area contributed by atoms with Gasteiger partial charge < -0.3 is 33.9 Å². The van der Waals surface area contributed by atoms with Crippen LogP contribution in [0.5, 0.6) is 17.2 Å². The fourth-order valence-electron chi connectivity index (χ4n) is 3.55. The smallest absolute Gasteiger partial charge is 0.203 e. The van der Waals surface area contributed by atoms with Crippen molar-refractivity contribution in [3.63, 3.8) is 0 Å². The third kappa shape index (κ3) is 6.40. The van der Waals surface area contributed by atoms with E-state index in [0.29, 0.717) is 36.4 Å². The molecule has 1 fully saturated rings. The SMILES string of the molecule is CN=C(NCCc1ccc(OC)c(OC)c1OC)N1CCC(COCCOC)C1. The van der Waals surface area contributed by atoms with Crippen LogP contribution in [0.1, 0.15) is 12.0 Å². The molecule has 8 nitrogen and oxygen atoms in total. The van der Waals surface area contributed by atoms with Gasteiger partial charge in [-0.1, -0.05) is 6.07 Å².